The van der Waals surface area contributed by atoms with Gasteiger partial charge in [0, 0.05) is 18.2 Å². The van der Waals surface area contributed by atoms with Crippen molar-refractivity contribution in [3.63, 3.8) is 0 Å². The molecule has 1 aliphatic rings. The van der Waals surface area contributed by atoms with E-state index in [1.54, 1.807) is 12.3 Å². The molecule has 3 rings (SSSR count). The van der Waals surface area contributed by atoms with Gasteiger partial charge in [0.15, 0.2) is 11.5 Å². The van der Waals surface area contributed by atoms with Crippen molar-refractivity contribution in [2.45, 2.75) is 26.0 Å². The molecule has 120 valence electrons. The molecular weight excluding hydrogens is 302 g/mol. The molecule has 1 N–H and O–H groups in total. The Hall–Kier alpha value is -2.90. The van der Waals surface area contributed by atoms with Gasteiger partial charge >= 0.3 is 5.97 Å². The Bertz CT molecular complexity index is 710. The van der Waals surface area contributed by atoms with E-state index >= 15 is 0 Å². The van der Waals surface area contributed by atoms with Gasteiger partial charge in [0.25, 0.3) is 5.91 Å². The summed E-state index contributed by atoms with van der Waals surface area (Å²) >= 11 is 0. The first-order valence-corrected chi connectivity index (χ1v) is 7.10. The van der Waals surface area contributed by atoms with Crippen molar-refractivity contribution in [3.8, 4) is 5.75 Å². The Labute approximate surface area is 131 Å². The van der Waals surface area contributed by atoms with E-state index in [-0.39, 0.29) is 12.3 Å². The highest BCUT2D eigenvalue weighted by atomic mass is 16.5. The van der Waals surface area contributed by atoms with Gasteiger partial charge in [0.1, 0.15) is 18.4 Å². The molecule has 0 bridgehead atoms. The molecule has 8 heteroatoms. The first-order valence-electron chi connectivity index (χ1n) is 7.10. The summed E-state index contributed by atoms with van der Waals surface area (Å²) in [5.41, 5.74) is 0.978. The summed E-state index contributed by atoms with van der Waals surface area (Å²) in [7, 11) is 0. The van der Waals surface area contributed by atoms with Crippen LogP contribution in [0.1, 0.15) is 28.4 Å². The lowest BCUT2D eigenvalue weighted by atomic mass is 10.2. The van der Waals surface area contributed by atoms with Gasteiger partial charge in [-0.1, -0.05) is 5.16 Å². The third-order valence-corrected chi connectivity index (χ3v) is 3.30. The van der Waals surface area contributed by atoms with Crippen LogP contribution in [0.25, 0.3) is 0 Å². The lowest BCUT2D eigenvalue weighted by molar-refractivity contribution is -0.139. The molecule has 0 aromatic carbocycles. The number of carbonyl (C=O) groups excluding carboxylic acids is 2. The molecule has 1 saturated heterocycles. The van der Waals surface area contributed by atoms with Crippen LogP contribution in [0.3, 0.4) is 0 Å². The molecule has 0 aliphatic carbocycles. The van der Waals surface area contributed by atoms with E-state index in [1.165, 1.54) is 6.07 Å². The number of aryl methyl sites for hydroxylation is 1. The quantitative estimate of drug-likeness (QED) is 0.820. The van der Waals surface area contributed by atoms with Crippen molar-refractivity contribution in [2.75, 3.05) is 6.61 Å². The zero-order valence-corrected chi connectivity index (χ0v) is 12.4. The number of carbonyl (C=O) groups is 2. The fourth-order valence-corrected chi connectivity index (χ4v) is 2.04. The molecule has 1 aliphatic heterocycles. The molecule has 0 unspecified atom stereocenters. The second-order valence-corrected chi connectivity index (χ2v) is 5.08. The smallest absolute Gasteiger partial charge is 0.328 e. The summed E-state index contributed by atoms with van der Waals surface area (Å²) in [6.07, 6.45) is 2.06. The van der Waals surface area contributed by atoms with Crippen molar-refractivity contribution in [1.82, 2.24) is 15.5 Å². The highest BCUT2D eigenvalue weighted by Gasteiger charge is 2.29. The van der Waals surface area contributed by atoms with Gasteiger partial charge in [-0.15, -0.1) is 0 Å². The van der Waals surface area contributed by atoms with Crippen LogP contribution < -0.4 is 10.1 Å². The molecule has 23 heavy (non-hydrogen) atoms. The van der Waals surface area contributed by atoms with E-state index in [0.717, 1.165) is 5.69 Å². The summed E-state index contributed by atoms with van der Waals surface area (Å²) in [6, 6.07) is 4.46. The van der Waals surface area contributed by atoms with Crippen LogP contribution in [-0.2, 0) is 16.1 Å². The fraction of sp³-hybridized carbons (Fsp3) is 0.333. The number of hydrogen-bond donors (Lipinski definition) is 1. The molecule has 1 amide bonds. The van der Waals surface area contributed by atoms with Crippen molar-refractivity contribution in [2.24, 2.45) is 0 Å². The third-order valence-electron chi connectivity index (χ3n) is 3.30. The van der Waals surface area contributed by atoms with Crippen LogP contribution in [0.2, 0.25) is 0 Å². The molecule has 0 saturated carbocycles. The molecule has 1 fully saturated rings. The topological polar surface area (TPSA) is 104 Å². The van der Waals surface area contributed by atoms with Crippen molar-refractivity contribution < 1.29 is 23.6 Å². The van der Waals surface area contributed by atoms with Crippen molar-refractivity contribution in [3.05, 3.63) is 41.5 Å². The van der Waals surface area contributed by atoms with Gasteiger partial charge in [-0.2, -0.15) is 0 Å². The van der Waals surface area contributed by atoms with Crippen LogP contribution in [0.15, 0.2) is 28.9 Å². The minimum Gasteiger partial charge on any atom is -0.484 e. The number of rotatable bonds is 5. The monoisotopic (exact) mass is 317 g/mol. The van der Waals surface area contributed by atoms with Gasteiger partial charge in [0.2, 0.25) is 0 Å². The Morgan fingerprint density at radius 3 is 3.04 bits per heavy atom. The van der Waals surface area contributed by atoms with E-state index in [1.807, 2.05) is 13.0 Å². The highest BCUT2D eigenvalue weighted by Crippen LogP contribution is 2.13. The number of nitrogens with zero attached hydrogens (tertiary/aromatic N) is 2. The fourth-order valence-electron chi connectivity index (χ4n) is 2.04. The van der Waals surface area contributed by atoms with Crippen LogP contribution in [0, 0.1) is 6.92 Å². The summed E-state index contributed by atoms with van der Waals surface area (Å²) in [6.45, 7) is 2.31. The number of aromatic nitrogens is 2. The maximum Gasteiger partial charge on any atom is 0.328 e. The average Bonchev–Trinajstić information content (AvgIpc) is 3.17. The predicted octanol–water partition coefficient (Wildman–Crippen LogP) is 1.00. The molecule has 0 radical (unpaired) electrons. The maximum absolute atomic E-state index is 12.0. The SMILES string of the molecule is Cc1ccc(OCc2cc(C(=O)N[C@H]3CCOC3=O)no2)cn1. The largest absolute Gasteiger partial charge is 0.484 e. The second-order valence-electron chi connectivity index (χ2n) is 5.08. The number of amides is 1. The number of hydrogen-bond acceptors (Lipinski definition) is 7. The van der Waals surface area contributed by atoms with Gasteiger partial charge in [-0.25, -0.2) is 4.79 Å². The Kier molecular flexibility index (Phi) is 4.22. The van der Waals surface area contributed by atoms with E-state index in [4.69, 9.17) is 14.0 Å². The lowest BCUT2D eigenvalue weighted by Crippen LogP contribution is -2.38. The number of esters is 1. The summed E-state index contributed by atoms with van der Waals surface area (Å²) in [5, 5.41) is 6.23. The molecular formula is C15H15N3O5. The number of ether oxygens (including phenoxy) is 2. The highest BCUT2D eigenvalue weighted by molar-refractivity contribution is 5.95. The summed E-state index contributed by atoms with van der Waals surface area (Å²) in [5.74, 6) is 0.0644. The molecule has 0 spiro atoms. The van der Waals surface area contributed by atoms with E-state index in [9.17, 15) is 9.59 Å². The third kappa shape index (κ3) is 3.65. The normalized spacial score (nSPS) is 16.9. The van der Waals surface area contributed by atoms with Crippen LogP contribution in [0.4, 0.5) is 0 Å². The average molecular weight is 317 g/mol. The zero-order chi connectivity index (χ0) is 16.2. The van der Waals surface area contributed by atoms with Gasteiger partial charge in [0.05, 0.1) is 12.8 Å². The molecule has 8 nitrogen and oxygen atoms in total. The van der Waals surface area contributed by atoms with Gasteiger partial charge in [-0.05, 0) is 19.1 Å². The number of pyridine rings is 1. The first-order chi connectivity index (χ1) is 11.1. The standard InChI is InChI=1S/C15H15N3O5/c1-9-2-3-10(7-16-9)22-8-11-6-13(18-23-11)14(19)17-12-4-5-21-15(12)20/h2-3,6-7,12H,4-5,8H2,1H3,(H,17,19)/t12-/m0/s1. The first kappa shape index (κ1) is 15.0. The lowest BCUT2D eigenvalue weighted by Gasteiger charge is -2.05. The van der Waals surface area contributed by atoms with Gasteiger partial charge in [-0.3, -0.25) is 9.78 Å². The Balaban J connectivity index is 1.55. The molecule has 2 aromatic rings. The maximum atomic E-state index is 12.0. The summed E-state index contributed by atoms with van der Waals surface area (Å²) in [4.78, 5) is 27.4. The summed E-state index contributed by atoms with van der Waals surface area (Å²) < 4.78 is 15.3. The minimum atomic E-state index is -0.627. The number of nitrogens with one attached hydrogen (secondary N) is 1. The molecule has 2 aromatic heterocycles. The number of cyclic esters (lactones) is 1. The predicted molar refractivity (Wildman–Crippen MR) is 76.6 cm³/mol. The Morgan fingerprint density at radius 1 is 1.48 bits per heavy atom. The van der Waals surface area contributed by atoms with Gasteiger partial charge < -0.3 is 19.3 Å². The zero-order valence-electron chi connectivity index (χ0n) is 12.4. The minimum absolute atomic E-state index is 0.0883. The van der Waals surface area contributed by atoms with E-state index < -0.39 is 17.9 Å². The Morgan fingerprint density at radius 2 is 2.35 bits per heavy atom. The van der Waals surface area contributed by atoms with Crippen molar-refractivity contribution in [1.29, 1.82) is 0 Å². The molecule has 3 heterocycles. The molecule has 1 atom stereocenters. The second kappa shape index (κ2) is 6.47. The van der Waals surface area contributed by atoms with Crippen LogP contribution >= 0.6 is 0 Å². The van der Waals surface area contributed by atoms with E-state index in [0.29, 0.717) is 24.5 Å². The van der Waals surface area contributed by atoms with Crippen LogP contribution in [-0.4, -0.2) is 34.7 Å². The van der Waals surface area contributed by atoms with E-state index in [2.05, 4.69) is 15.5 Å². The van der Waals surface area contributed by atoms with Crippen LogP contribution in [0.5, 0.6) is 5.75 Å². The van der Waals surface area contributed by atoms with Crippen molar-refractivity contribution >= 4 is 11.9 Å².